The van der Waals surface area contributed by atoms with Crippen LogP contribution in [0, 0.1) is 0 Å². The SMILES string of the molecule is CCn1cc(-c2ccc(Cl)cc2)nc1C=Cc1ccc(-c2ccc(OCCCC(=O)OC)cc2)cc1. The average Bonchev–Trinajstić information content (AvgIpc) is 3.34. The van der Waals surface area contributed by atoms with E-state index < -0.39 is 0 Å². The maximum Gasteiger partial charge on any atom is 0.305 e. The molecule has 6 heteroatoms. The lowest BCUT2D eigenvalue weighted by Gasteiger charge is -2.07. The summed E-state index contributed by atoms with van der Waals surface area (Å²) in [7, 11) is 1.39. The third-order valence-electron chi connectivity index (χ3n) is 5.83. The minimum atomic E-state index is -0.217. The molecule has 1 heterocycles. The Bertz CT molecular complexity index is 1310. The van der Waals surface area contributed by atoms with Gasteiger partial charge in [0.05, 0.1) is 19.4 Å². The highest BCUT2D eigenvalue weighted by Crippen LogP contribution is 2.25. The van der Waals surface area contributed by atoms with Gasteiger partial charge in [0.1, 0.15) is 11.6 Å². The third kappa shape index (κ3) is 6.64. The lowest BCUT2D eigenvalue weighted by atomic mass is 10.0. The summed E-state index contributed by atoms with van der Waals surface area (Å²) < 4.78 is 12.5. The first kappa shape index (κ1) is 25.3. The molecule has 1 aromatic heterocycles. The van der Waals surface area contributed by atoms with Gasteiger partial charge in [0.2, 0.25) is 0 Å². The van der Waals surface area contributed by atoms with Crippen LogP contribution in [-0.4, -0.2) is 29.2 Å². The minimum Gasteiger partial charge on any atom is -0.494 e. The van der Waals surface area contributed by atoms with E-state index in [0.29, 0.717) is 24.5 Å². The van der Waals surface area contributed by atoms with Crippen LogP contribution < -0.4 is 4.74 Å². The Morgan fingerprint density at radius 2 is 1.56 bits per heavy atom. The second-order valence-corrected chi connectivity index (χ2v) is 8.72. The van der Waals surface area contributed by atoms with Crippen LogP contribution in [0.25, 0.3) is 34.5 Å². The third-order valence-corrected chi connectivity index (χ3v) is 6.08. The highest BCUT2D eigenvalue weighted by molar-refractivity contribution is 6.30. The van der Waals surface area contributed by atoms with Gasteiger partial charge in [0.25, 0.3) is 0 Å². The molecule has 5 nitrogen and oxygen atoms in total. The van der Waals surface area contributed by atoms with Crippen molar-refractivity contribution < 1.29 is 14.3 Å². The number of esters is 1. The van der Waals surface area contributed by atoms with Gasteiger partial charge < -0.3 is 14.0 Å². The van der Waals surface area contributed by atoms with E-state index in [2.05, 4.69) is 52.8 Å². The Labute approximate surface area is 217 Å². The minimum absolute atomic E-state index is 0.217. The fourth-order valence-corrected chi connectivity index (χ4v) is 3.91. The summed E-state index contributed by atoms with van der Waals surface area (Å²) in [6, 6.07) is 24.1. The first-order valence-corrected chi connectivity index (χ1v) is 12.3. The van der Waals surface area contributed by atoms with Gasteiger partial charge in [-0.25, -0.2) is 4.98 Å². The molecule has 184 valence electrons. The number of rotatable bonds is 10. The lowest BCUT2D eigenvalue weighted by Crippen LogP contribution is -2.04. The molecule has 0 unspecified atom stereocenters. The fourth-order valence-electron chi connectivity index (χ4n) is 3.79. The zero-order valence-corrected chi connectivity index (χ0v) is 21.2. The Kier molecular flexibility index (Phi) is 8.58. The van der Waals surface area contributed by atoms with Crippen molar-refractivity contribution in [3.8, 4) is 28.1 Å². The molecule has 4 aromatic rings. The molecule has 4 rings (SSSR count). The van der Waals surface area contributed by atoms with Gasteiger partial charge in [-0.3, -0.25) is 4.79 Å². The van der Waals surface area contributed by atoms with Gasteiger partial charge in [0.15, 0.2) is 0 Å². The van der Waals surface area contributed by atoms with Crippen LogP contribution in [0.2, 0.25) is 5.02 Å². The molecule has 0 aliphatic rings. The van der Waals surface area contributed by atoms with Gasteiger partial charge in [-0.05, 0) is 60.4 Å². The zero-order valence-electron chi connectivity index (χ0n) is 20.5. The van der Waals surface area contributed by atoms with E-state index >= 15 is 0 Å². The molecule has 0 aliphatic carbocycles. The summed E-state index contributed by atoms with van der Waals surface area (Å²) in [6.07, 6.45) is 7.18. The van der Waals surface area contributed by atoms with Crippen molar-refractivity contribution in [3.63, 3.8) is 0 Å². The number of aryl methyl sites for hydroxylation is 1. The number of methoxy groups -OCH3 is 1. The number of aromatic nitrogens is 2. The lowest BCUT2D eigenvalue weighted by molar-refractivity contribution is -0.140. The predicted molar refractivity (Wildman–Crippen MR) is 146 cm³/mol. The largest absolute Gasteiger partial charge is 0.494 e. The number of benzene rings is 3. The number of carbonyl (C=O) groups excluding carboxylic acids is 1. The maximum atomic E-state index is 11.2. The number of imidazole rings is 1. The summed E-state index contributed by atoms with van der Waals surface area (Å²) >= 11 is 6.02. The molecule has 0 saturated carbocycles. The second-order valence-electron chi connectivity index (χ2n) is 8.29. The van der Waals surface area contributed by atoms with Gasteiger partial charge in [-0.15, -0.1) is 0 Å². The summed E-state index contributed by atoms with van der Waals surface area (Å²) in [5.74, 6) is 1.48. The molecular formula is C30H29ClN2O3. The van der Waals surface area contributed by atoms with E-state index in [-0.39, 0.29) is 5.97 Å². The van der Waals surface area contributed by atoms with E-state index in [0.717, 1.165) is 46.1 Å². The van der Waals surface area contributed by atoms with Crippen LogP contribution in [0.15, 0.2) is 79.0 Å². The molecule has 0 spiro atoms. The highest BCUT2D eigenvalue weighted by Gasteiger charge is 2.07. The van der Waals surface area contributed by atoms with E-state index in [1.807, 2.05) is 54.6 Å². The van der Waals surface area contributed by atoms with Gasteiger partial charge in [-0.1, -0.05) is 66.2 Å². The van der Waals surface area contributed by atoms with Gasteiger partial charge in [0, 0.05) is 29.7 Å². The molecule has 0 radical (unpaired) electrons. The molecule has 0 atom stereocenters. The Morgan fingerprint density at radius 1 is 0.917 bits per heavy atom. The van der Waals surface area contributed by atoms with E-state index in [1.54, 1.807) is 0 Å². The van der Waals surface area contributed by atoms with Crippen LogP contribution >= 0.6 is 11.6 Å². The quantitative estimate of drug-likeness (QED) is 0.168. The number of hydrogen-bond donors (Lipinski definition) is 0. The summed E-state index contributed by atoms with van der Waals surface area (Å²) in [5, 5.41) is 0.717. The van der Waals surface area contributed by atoms with Gasteiger partial charge >= 0.3 is 5.97 Å². The van der Waals surface area contributed by atoms with Crippen molar-refractivity contribution in [2.24, 2.45) is 0 Å². The molecule has 0 bridgehead atoms. The molecule has 0 amide bonds. The number of nitrogens with zero attached hydrogens (tertiary/aromatic N) is 2. The number of carbonyl (C=O) groups is 1. The molecule has 0 aliphatic heterocycles. The van der Waals surface area contributed by atoms with Crippen LogP contribution in [-0.2, 0) is 16.1 Å². The first-order chi connectivity index (χ1) is 17.6. The molecule has 0 N–H and O–H groups in total. The van der Waals surface area contributed by atoms with E-state index in [4.69, 9.17) is 21.3 Å². The molecule has 3 aromatic carbocycles. The van der Waals surface area contributed by atoms with Crippen LogP contribution in [0.4, 0.5) is 0 Å². The first-order valence-electron chi connectivity index (χ1n) is 12.0. The summed E-state index contributed by atoms with van der Waals surface area (Å²) in [6.45, 7) is 3.43. The Hall–Kier alpha value is -3.83. The molecular weight excluding hydrogens is 472 g/mol. The maximum absolute atomic E-state index is 11.2. The smallest absolute Gasteiger partial charge is 0.305 e. The van der Waals surface area contributed by atoms with Crippen molar-refractivity contribution in [1.29, 1.82) is 0 Å². The number of halogens is 1. The summed E-state index contributed by atoms with van der Waals surface area (Å²) in [4.78, 5) is 16.0. The van der Waals surface area contributed by atoms with Crippen molar-refractivity contribution in [2.75, 3.05) is 13.7 Å². The van der Waals surface area contributed by atoms with Crippen molar-refractivity contribution in [3.05, 3.63) is 95.4 Å². The number of hydrogen-bond acceptors (Lipinski definition) is 4. The van der Waals surface area contributed by atoms with Crippen LogP contribution in [0.1, 0.15) is 31.2 Å². The fraction of sp³-hybridized carbons (Fsp3) is 0.200. The molecule has 36 heavy (non-hydrogen) atoms. The van der Waals surface area contributed by atoms with Crippen molar-refractivity contribution in [1.82, 2.24) is 9.55 Å². The topological polar surface area (TPSA) is 53.4 Å². The highest BCUT2D eigenvalue weighted by atomic mass is 35.5. The van der Waals surface area contributed by atoms with Crippen LogP contribution in [0.5, 0.6) is 5.75 Å². The normalized spacial score (nSPS) is 11.1. The van der Waals surface area contributed by atoms with Crippen molar-refractivity contribution in [2.45, 2.75) is 26.3 Å². The summed E-state index contributed by atoms with van der Waals surface area (Å²) in [5.41, 5.74) is 5.32. The zero-order chi connectivity index (χ0) is 25.3. The van der Waals surface area contributed by atoms with E-state index in [1.165, 1.54) is 7.11 Å². The average molecular weight is 501 g/mol. The standard InChI is InChI=1S/C30H29ClN2O3/c1-3-33-21-28(25-11-15-26(31)16-12-25)32-29(33)19-8-22-6-9-23(10-7-22)24-13-17-27(18-14-24)36-20-4-5-30(34)35-2/h6-19,21H,3-5,20H2,1-2H3. The van der Waals surface area contributed by atoms with Crippen LogP contribution in [0.3, 0.4) is 0 Å². The van der Waals surface area contributed by atoms with Crippen molar-refractivity contribution >= 4 is 29.7 Å². The molecule has 0 fully saturated rings. The Balaban J connectivity index is 1.38. The monoisotopic (exact) mass is 500 g/mol. The van der Waals surface area contributed by atoms with E-state index in [9.17, 15) is 4.79 Å². The number of ether oxygens (including phenoxy) is 2. The second kappa shape index (κ2) is 12.2. The molecule has 0 saturated heterocycles. The predicted octanol–water partition coefficient (Wildman–Crippen LogP) is 7.39. The van der Waals surface area contributed by atoms with Gasteiger partial charge in [-0.2, -0.15) is 0 Å². The Morgan fingerprint density at radius 3 is 2.19 bits per heavy atom.